The maximum Gasteiger partial charge on any atom is 0.186 e. The van der Waals surface area contributed by atoms with Crippen LogP contribution in [0.1, 0.15) is 26.2 Å². The molecule has 0 atom stereocenters. The molecule has 0 aliphatic heterocycles. The zero-order chi connectivity index (χ0) is 9.45. The van der Waals surface area contributed by atoms with Crippen molar-refractivity contribution < 1.29 is 4.43 Å². The summed E-state index contributed by atoms with van der Waals surface area (Å²) in [5.74, 6) is 0. The summed E-state index contributed by atoms with van der Waals surface area (Å²) >= 11 is 0. The van der Waals surface area contributed by atoms with E-state index in [0.29, 0.717) is 0 Å². The van der Waals surface area contributed by atoms with E-state index in [0.717, 1.165) is 13.0 Å². The van der Waals surface area contributed by atoms with Gasteiger partial charge in [-0.15, -0.1) is 6.58 Å². The molecule has 2 heteroatoms. The minimum Gasteiger partial charge on any atom is -0.417 e. The standard InChI is InChI=1S/C10H22OSi/c1-5-7-9-11-12(3,4)10-8-6-2/h5H,1,6-10H2,2-4H3. The van der Waals surface area contributed by atoms with E-state index in [4.69, 9.17) is 4.43 Å². The van der Waals surface area contributed by atoms with Crippen LogP contribution < -0.4 is 0 Å². The van der Waals surface area contributed by atoms with Crippen LogP contribution in [0.15, 0.2) is 12.7 Å². The molecule has 0 saturated carbocycles. The summed E-state index contributed by atoms with van der Waals surface area (Å²) in [6.07, 6.45) is 5.50. The highest BCUT2D eigenvalue weighted by atomic mass is 28.4. The van der Waals surface area contributed by atoms with Crippen LogP contribution in [0.4, 0.5) is 0 Å². The lowest BCUT2D eigenvalue weighted by Gasteiger charge is -2.22. The lowest BCUT2D eigenvalue weighted by molar-refractivity contribution is 0.313. The predicted octanol–water partition coefficient (Wildman–Crippen LogP) is 3.58. The van der Waals surface area contributed by atoms with Gasteiger partial charge in [0, 0.05) is 6.61 Å². The molecule has 0 radical (unpaired) electrons. The monoisotopic (exact) mass is 186 g/mol. The van der Waals surface area contributed by atoms with Crippen LogP contribution in [-0.4, -0.2) is 14.9 Å². The van der Waals surface area contributed by atoms with Gasteiger partial charge in [-0.2, -0.15) is 0 Å². The lowest BCUT2D eigenvalue weighted by Crippen LogP contribution is -2.30. The molecule has 1 nitrogen and oxygen atoms in total. The Morgan fingerprint density at radius 1 is 1.42 bits per heavy atom. The topological polar surface area (TPSA) is 9.23 Å². The maximum absolute atomic E-state index is 5.84. The van der Waals surface area contributed by atoms with Crippen molar-refractivity contribution in [2.24, 2.45) is 0 Å². The van der Waals surface area contributed by atoms with E-state index < -0.39 is 8.32 Å². The van der Waals surface area contributed by atoms with Gasteiger partial charge in [0.15, 0.2) is 8.32 Å². The highest BCUT2D eigenvalue weighted by Crippen LogP contribution is 2.15. The van der Waals surface area contributed by atoms with Crippen LogP contribution in [0, 0.1) is 0 Å². The van der Waals surface area contributed by atoms with Crippen LogP contribution in [-0.2, 0) is 4.43 Å². The summed E-state index contributed by atoms with van der Waals surface area (Å²) < 4.78 is 5.84. The molecular weight excluding hydrogens is 164 g/mol. The largest absolute Gasteiger partial charge is 0.417 e. The molecule has 0 spiro atoms. The Hall–Kier alpha value is -0.0831. The number of hydrogen-bond donors (Lipinski definition) is 0. The first-order valence-electron chi connectivity index (χ1n) is 4.87. The van der Waals surface area contributed by atoms with Crippen molar-refractivity contribution >= 4 is 8.32 Å². The van der Waals surface area contributed by atoms with Crippen molar-refractivity contribution in [2.75, 3.05) is 6.61 Å². The second-order valence-electron chi connectivity index (χ2n) is 3.79. The molecule has 0 heterocycles. The van der Waals surface area contributed by atoms with Gasteiger partial charge >= 0.3 is 0 Å². The van der Waals surface area contributed by atoms with Gasteiger partial charge < -0.3 is 4.43 Å². The SMILES string of the molecule is C=CCCO[Si](C)(C)CCCC. The lowest BCUT2D eigenvalue weighted by atomic mass is 10.4. The van der Waals surface area contributed by atoms with Gasteiger partial charge in [0.25, 0.3) is 0 Å². The van der Waals surface area contributed by atoms with Gasteiger partial charge in [0.2, 0.25) is 0 Å². The first-order chi connectivity index (χ1) is 5.62. The zero-order valence-electron chi connectivity index (χ0n) is 8.73. The Bertz CT molecular complexity index is 121. The van der Waals surface area contributed by atoms with Crippen LogP contribution in [0.5, 0.6) is 0 Å². The number of hydrogen-bond acceptors (Lipinski definition) is 1. The molecule has 0 rings (SSSR count). The molecule has 0 aromatic carbocycles. The Balaban J connectivity index is 3.48. The molecule has 0 aliphatic rings. The fraction of sp³-hybridized carbons (Fsp3) is 0.800. The van der Waals surface area contributed by atoms with Gasteiger partial charge in [0.05, 0.1) is 0 Å². The van der Waals surface area contributed by atoms with Gasteiger partial charge in [-0.1, -0.05) is 25.8 Å². The van der Waals surface area contributed by atoms with Crippen molar-refractivity contribution in [1.29, 1.82) is 0 Å². The van der Waals surface area contributed by atoms with Crippen molar-refractivity contribution in [3.05, 3.63) is 12.7 Å². The van der Waals surface area contributed by atoms with Crippen molar-refractivity contribution in [3.8, 4) is 0 Å². The summed E-state index contributed by atoms with van der Waals surface area (Å²) in [5.41, 5.74) is 0. The van der Waals surface area contributed by atoms with Gasteiger partial charge in [-0.3, -0.25) is 0 Å². The minimum absolute atomic E-state index is 0.867. The Morgan fingerprint density at radius 2 is 2.08 bits per heavy atom. The van der Waals surface area contributed by atoms with Gasteiger partial charge in [-0.05, 0) is 25.6 Å². The second kappa shape index (κ2) is 6.43. The van der Waals surface area contributed by atoms with E-state index in [1.165, 1.54) is 18.9 Å². The third-order valence-corrected chi connectivity index (χ3v) is 4.49. The highest BCUT2D eigenvalue weighted by molar-refractivity contribution is 6.71. The van der Waals surface area contributed by atoms with E-state index in [2.05, 4.69) is 26.6 Å². The molecule has 0 aromatic heterocycles. The summed E-state index contributed by atoms with van der Waals surface area (Å²) in [6, 6.07) is 1.29. The molecule has 0 bridgehead atoms. The normalized spacial score (nSPS) is 11.6. The average Bonchev–Trinajstić information content (AvgIpc) is 2.01. The molecular formula is C10H22OSi. The first-order valence-corrected chi connectivity index (χ1v) is 7.99. The van der Waals surface area contributed by atoms with Gasteiger partial charge in [-0.25, -0.2) is 0 Å². The molecule has 0 unspecified atom stereocenters. The maximum atomic E-state index is 5.84. The van der Waals surface area contributed by atoms with Crippen molar-refractivity contribution in [2.45, 2.75) is 45.3 Å². The molecule has 0 N–H and O–H groups in total. The van der Waals surface area contributed by atoms with E-state index in [-0.39, 0.29) is 0 Å². The van der Waals surface area contributed by atoms with E-state index >= 15 is 0 Å². The average molecular weight is 186 g/mol. The summed E-state index contributed by atoms with van der Waals surface area (Å²) in [5, 5.41) is 0. The molecule has 0 aromatic rings. The third kappa shape index (κ3) is 6.62. The van der Waals surface area contributed by atoms with Crippen LogP contribution in [0.3, 0.4) is 0 Å². The van der Waals surface area contributed by atoms with E-state index in [1.807, 2.05) is 6.08 Å². The van der Waals surface area contributed by atoms with Crippen molar-refractivity contribution in [3.63, 3.8) is 0 Å². The number of unbranched alkanes of at least 4 members (excludes halogenated alkanes) is 1. The minimum atomic E-state index is -1.31. The molecule has 0 aliphatic carbocycles. The first kappa shape index (κ1) is 11.9. The summed E-state index contributed by atoms with van der Waals surface area (Å²) in [4.78, 5) is 0. The van der Waals surface area contributed by atoms with E-state index in [9.17, 15) is 0 Å². The Morgan fingerprint density at radius 3 is 2.58 bits per heavy atom. The molecule has 12 heavy (non-hydrogen) atoms. The summed E-state index contributed by atoms with van der Waals surface area (Å²) in [7, 11) is -1.31. The fourth-order valence-corrected chi connectivity index (χ4v) is 3.11. The van der Waals surface area contributed by atoms with Crippen molar-refractivity contribution in [1.82, 2.24) is 0 Å². The second-order valence-corrected chi connectivity index (χ2v) is 8.10. The molecule has 0 amide bonds. The number of rotatable bonds is 7. The zero-order valence-corrected chi connectivity index (χ0v) is 9.73. The molecule has 0 saturated heterocycles. The van der Waals surface area contributed by atoms with Gasteiger partial charge in [0.1, 0.15) is 0 Å². The van der Waals surface area contributed by atoms with E-state index in [1.54, 1.807) is 0 Å². The Kier molecular flexibility index (Phi) is 6.39. The molecule has 0 fully saturated rings. The third-order valence-electron chi connectivity index (χ3n) is 1.95. The fourth-order valence-electron chi connectivity index (χ4n) is 1.09. The van der Waals surface area contributed by atoms with Crippen LogP contribution >= 0.6 is 0 Å². The Labute approximate surface area is 78.0 Å². The van der Waals surface area contributed by atoms with Crippen LogP contribution in [0.25, 0.3) is 0 Å². The smallest absolute Gasteiger partial charge is 0.186 e. The van der Waals surface area contributed by atoms with Crippen LogP contribution in [0.2, 0.25) is 19.1 Å². The molecule has 72 valence electrons. The quantitative estimate of drug-likeness (QED) is 0.335. The highest BCUT2D eigenvalue weighted by Gasteiger charge is 2.20. The predicted molar refractivity (Wildman–Crippen MR) is 58.0 cm³/mol. The summed E-state index contributed by atoms with van der Waals surface area (Å²) in [6.45, 7) is 11.4.